The van der Waals surface area contributed by atoms with Crippen molar-refractivity contribution in [2.75, 3.05) is 6.61 Å². The Morgan fingerprint density at radius 2 is 1.91 bits per heavy atom. The molecule has 0 amide bonds. The predicted molar refractivity (Wildman–Crippen MR) is 50.0 cm³/mol. The zero-order valence-corrected chi connectivity index (χ0v) is 8.36. The van der Waals surface area contributed by atoms with Crippen molar-refractivity contribution in [2.24, 2.45) is 0 Å². The summed E-state index contributed by atoms with van der Waals surface area (Å²) in [5.74, 6) is 0. The van der Waals surface area contributed by atoms with Gasteiger partial charge in [0.1, 0.15) is 5.56 Å². The second-order valence-corrected chi connectivity index (χ2v) is 3.20. The third kappa shape index (κ3) is 8.15. The van der Waals surface area contributed by atoms with E-state index < -0.39 is 0 Å². The molecule has 0 heterocycles. The average Bonchev–Trinajstić information content (AvgIpc) is 1.99. The number of unbranched alkanes of at least 4 members (excludes halogenated alkanes) is 3. The smallest absolute Gasteiger partial charge is 0.131 e. The highest BCUT2D eigenvalue weighted by atomic mass is 35.5. The van der Waals surface area contributed by atoms with Crippen molar-refractivity contribution in [3.05, 3.63) is 0 Å². The molecule has 0 fully saturated rings. The minimum atomic E-state index is -0.0585. The molecule has 2 heteroatoms. The first-order valence-electron chi connectivity index (χ1n) is 4.57. The molecule has 0 N–H and O–H groups in total. The largest absolute Gasteiger partial charge is 0.363 e. The minimum absolute atomic E-state index is 0.0585. The Balaban J connectivity index is 2.97. The van der Waals surface area contributed by atoms with Gasteiger partial charge in [-0.05, 0) is 19.8 Å². The summed E-state index contributed by atoms with van der Waals surface area (Å²) in [6, 6.07) is 0. The predicted octanol–water partition coefficient (Wildman–Crippen LogP) is 3.56. The molecule has 11 heavy (non-hydrogen) atoms. The number of halogens is 1. The Morgan fingerprint density at radius 3 is 2.45 bits per heavy atom. The first kappa shape index (κ1) is 11.2. The Morgan fingerprint density at radius 1 is 1.18 bits per heavy atom. The molecule has 68 valence electrons. The van der Waals surface area contributed by atoms with E-state index in [0.29, 0.717) is 0 Å². The van der Waals surface area contributed by atoms with Gasteiger partial charge in [0.15, 0.2) is 0 Å². The molecule has 0 radical (unpaired) electrons. The molecule has 0 bridgehead atoms. The van der Waals surface area contributed by atoms with Crippen LogP contribution < -0.4 is 0 Å². The van der Waals surface area contributed by atoms with E-state index in [1.807, 2.05) is 6.92 Å². The van der Waals surface area contributed by atoms with Gasteiger partial charge >= 0.3 is 0 Å². The first-order chi connectivity index (χ1) is 5.31. The summed E-state index contributed by atoms with van der Waals surface area (Å²) in [4.78, 5) is 0. The van der Waals surface area contributed by atoms with Gasteiger partial charge in [0.2, 0.25) is 0 Å². The number of hydrogen-bond donors (Lipinski definition) is 0. The van der Waals surface area contributed by atoms with Crippen LogP contribution in [0.5, 0.6) is 0 Å². The topological polar surface area (TPSA) is 9.23 Å². The molecule has 0 aromatic rings. The van der Waals surface area contributed by atoms with E-state index in [1.54, 1.807) is 0 Å². The van der Waals surface area contributed by atoms with Crippen molar-refractivity contribution < 1.29 is 4.74 Å². The van der Waals surface area contributed by atoms with E-state index in [0.717, 1.165) is 13.0 Å². The van der Waals surface area contributed by atoms with Crippen molar-refractivity contribution >= 4 is 11.6 Å². The lowest BCUT2D eigenvalue weighted by molar-refractivity contribution is 0.112. The summed E-state index contributed by atoms with van der Waals surface area (Å²) in [7, 11) is 0. The van der Waals surface area contributed by atoms with Crippen molar-refractivity contribution in [1.29, 1.82) is 0 Å². The third-order valence-electron chi connectivity index (χ3n) is 1.63. The second-order valence-electron chi connectivity index (χ2n) is 2.71. The second kappa shape index (κ2) is 8.35. The number of ether oxygens (including phenoxy) is 1. The SMILES string of the molecule is CCCCCCC(Cl)OCC. The number of hydrogen-bond acceptors (Lipinski definition) is 1. The van der Waals surface area contributed by atoms with E-state index in [1.165, 1.54) is 25.7 Å². The number of rotatable bonds is 7. The van der Waals surface area contributed by atoms with Crippen LogP contribution in [0.25, 0.3) is 0 Å². The highest BCUT2D eigenvalue weighted by Crippen LogP contribution is 2.10. The molecule has 1 nitrogen and oxygen atoms in total. The van der Waals surface area contributed by atoms with Crippen LogP contribution in [0.4, 0.5) is 0 Å². The van der Waals surface area contributed by atoms with Crippen LogP contribution in [0, 0.1) is 0 Å². The monoisotopic (exact) mass is 178 g/mol. The van der Waals surface area contributed by atoms with Gasteiger partial charge in [0, 0.05) is 6.61 Å². The molecule has 0 saturated carbocycles. The molecule has 0 aromatic heterocycles. The fraction of sp³-hybridized carbons (Fsp3) is 1.00. The van der Waals surface area contributed by atoms with Gasteiger partial charge in [-0.3, -0.25) is 0 Å². The Hall–Kier alpha value is 0.250. The van der Waals surface area contributed by atoms with Crippen molar-refractivity contribution in [3.8, 4) is 0 Å². The first-order valence-corrected chi connectivity index (χ1v) is 5.00. The Labute approximate surface area is 75.1 Å². The summed E-state index contributed by atoms with van der Waals surface area (Å²) in [6.07, 6.45) is 6.07. The zero-order chi connectivity index (χ0) is 8.53. The van der Waals surface area contributed by atoms with Crippen LogP contribution in [0.15, 0.2) is 0 Å². The molecule has 0 aliphatic heterocycles. The summed E-state index contributed by atoms with van der Waals surface area (Å²) in [5, 5.41) is 0. The fourth-order valence-electron chi connectivity index (χ4n) is 0.996. The van der Waals surface area contributed by atoms with Gasteiger partial charge in [0.05, 0.1) is 0 Å². The summed E-state index contributed by atoms with van der Waals surface area (Å²) in [6.45, 7) is 4.91. The minimum Gasteiger partial charge on any atom is -0.363 e. The maximum absolute atomic E-state index is 5.84. The summed E-state index contributed by atoms with van der Waals surface area (Å²) < 4.78 is 5.19. The van der Waals surface area contributed by atoms with Crippen molar-refractivity contribution in [2.45, 2.75) is 51.5 Å². The van der Waals surface area contributed by atoms with Gasteiger partial charge in [-0.1, -0.05) is 37.8 Å². The highest BCUT2D eigenvalue weighted by Gasteiger charge is 2.01. The summed E-state index contributed by atoms with van der Waals surface area (Å²) in [5.41, 5.74) is -0.0585. The van der Waals surface area contributed by atoms with E-state index in [9.17, 15) is 0 Å². The van der Waals surface area contributed by atoms with E-state index in [4.69, 9.17) is 16.3 Å². The average molecular weight is 179 g/mol. The van der Waals surface area contributed by atoms with Crippen LogP contribution in [-0.2, 0) is 4.74 Å². The molecule has 0 rings (SSSR count). The lowest BCUT2D eigenvalue weighted by Gasteiger charge is -2.07. The molecule has 1 atom stereocenters. The zero-order valence-electron chi connectivity index (χ0n) is 7.61. The van der Waals surface area contributed by atoms with Gasteiger partial charge in [-0.25, -0.2) is 0 Å². The Bertz CT molecular complexity index is 76.0. The van der Waals surface area contributed by atoms with E-state index >= 15 is 0 Å². The molecule has 0 aromatic carbocycles. The third-order valence-corrected chi connectivity index (χ3v) is 1.98. The standard InChI is InChI=1S/C9H19ClO/c1-3-5-6-7-8-9(10)11-4-2/h9H,3-8H2,1-2H3. The lowest BCUT2D eigenvalue weighted by Crippen LogP contribution is -2.03. The maximum atomic E-state index is 5.84. The molecule has 0 saturated heterocycles. The Kier molecular flexibility index (Phi) is 8.54. The number of alkyl halides is 1. The van der Waals surface area contributed by atoms with Gasteiger partial charge in [0.25, 0.3) is 0 Å². The molecule has 0 aliphatic carbocycles. The van der Waals surface area contributed by atoms with E-state index in [-0.39, 0.29) is 5.56 Å². The van der Waals surface area contributed by atoms with Crippen molar-refractivity contribution in [1.82, 2.24) is 0 Å². The van der Waals surface area contributed by atoms with Crippen molar-refractivity contribution in [3.63, 3.8) is 0 Å². The fourth-order valence-corrected chi connectivity index (χ4v) is 1.28. The summed E-state index contributed by atoms with van der Waals surface area (Å²) >= 11 is 5.84. The van der Waals surface area contributed by atoms with Crippen LogP contribution >= 0.6 is 11.6 Å². The molecule has 0 spiro atoms. The van der Waals surface area contributed by atoms with Gasteiger partial charge < -0.3 is 4.74 Å². The van der Waals surface area contributed by atoms with Crippen LogP contribution in [0.3, 0.4) is 0 Å². The highest BCUT2D eigenvalue weighted by molar-refractivity contribution is 6.19. The molecule has 0 aliphatic rings. The quantitative estimate of drug-likeness (QED) is 0.428. The molecular formula is C9H19ClO. The van der Waals surface area contributed by atoms with Crippen LogP contribution in [0.2, 0.25) is 0 Å². The van der Waals surface area contributed by atoms with Crippen LogP contribution in [0.1, 0.15) is 46.0 Å². The maximum Gasteiger partial charge on any atom is 0.131 e. The van der Waals surface area contributed by atoms with E-state index in [2.05, 4.69) is 6.92 Å². The van der Waals surface area contributed by atoms with Crippen LogP contribution in [-0.4, -0.2) is 12.2 Å². The molecule has 1 unspecified atom stereocenters. The lowest BCUT2D eigenvalue weighted by atomic mass is 10.2. The normalized spacial score (nSPS) is 13.4. The van der Waals surface area contributed by atoms with Gasteiger partial charge in [-0.15, -0.1) is 0 Å². The molecular weight excluding hydrogens is 160 g/mol. The van der Waals surface area contributed by atoms with Gasteiger partial charge in [-0.2, -0.15) is 0 Å².